The van der Waals surface area contributed by atoms with Gasteiger partial charge in [-0.1, -0.05) is 17.7 Å². The van der Waals surface area contributed by atoms with Crippen LogP contribution in [0.25, 0.3) is 0 Å². The van der Waals surface area contributed by atoms with Gasteiger partial charge in [0.05, 0.1) is 0 Å². The molecule has 1 aromatic carbocycles. The molecular weight excluding hydrogens is 228 g/mol. The summed E-state index contributed by atoms with van der Waals surface area (Å²) in [5, 5.41) is 5.68. The van der Waals surface area contributed by atoms with E-state index in [0.29, 0.717) is 18.5 Å². The second-order valence-corrected chi connectivity index (χ2v) is 4.83. The largest absolute Gasteiger partial charge is 0.356 e. The highest BCUT2D eigenvalue weighted by atomic mass is 16.2. The van der Waals surface area contributed by atoms with Crippen molar-refractivity contribution in [1.29, 1.82) is 0 Å². The molecule has 1 aliphatic heterocycles. The summed E-state index contributed by atoms with van der Waals surface area (Å²) in [5.74, 6) is -0.0839. The molecule has 4 heteroatoms. The van der Waals surface area contributed by atoms with Crippen molar-refractivity contribution < 1.29 is 9.59 Å². The highest BCUT2D eigenvalue weighted by Crippen LogP contribution is 2.12. The molecule has 0 bridgehead atoms. The predicted molar refractivity (Wildman–Crippen MR) is 69.4 cm³/mol. The van der Waals surface area contributed by atoms with Crippen LogP contribution >= 0.6 is 0 Å². The zero-order valence-corrected chi connectivity index (χ0v) is 10.7. The van der Waals surface area contributed by atoms with Crippen LogP contribution < -0.4 is 10.6 Å². The second kappa shape index (κ2) is 5.21. The first-order valence-electron chi connectivity index (χ1n) is 6.21. The van der Waals surface area contributed by atoms with E-state index >= 15 is 0 Å². The Hall–Kier alpha value is -1.84. The summed E-state index contributed by atoms with van der Waals surface area (Å²) in [5.41, 5.74) is 2.79. The van der Waals surface area contributed by atoms with Crippen LogP contribution in [0.3, 0.4) is 0 Å². The molecule has 0 aliphatic carbocycles. The lowest BCUT2D eigenvalue weighted by atomic mass is 10.0. The Bertz CT molecular complexity index is 483. The van der Waals surface area contributed by atoms with Gasteiger partial charge in [-0.25, -0.2) is 0 Å². The van der Waals surface area contributed by atoms with E-state index in [-0.39, 0.29) is 17.9 Å². The van der Waals surface area contributed by atoms with Gasteiger partial charge in [-0.05, 0) is 31.9 Å². The van der Waals surface area contributed by atoms with Crippen molar-refractivity contribution in [2.75, 3.05) is 6.54 Å². The number of hydrogen-bond donors (Lipinski definition) is 2. The maximum absolute atomic E-state index is 12.1. The van der Waals surface area contributed by atoms with Crippen molar-refractivity contribution in [3.8, 4) is 0 Å². The van der Waals surface area contributed by atoms with Crippen molar-refractivity contribution in [3.05, 3.63) is 34.9 Å². The molecule has 1 aliphatic rings. The van der Waals surface area contributed by atoms with Crippen LogP contribution in [0.4, 0.5) is 0 Å². The molecule has 1 unspecified atom stereocenters. The summed E-state index contributed by atoms with van der Waals surface area (Å²) in [7, 11) is 0. The van der Waals surface area contributed by atoms with E-state index in [1.165, 1.54) is 0 Å². The molecule has 1 aromatic rings. The molecule has 1 saturated heterocycles. The summed E-state index contributed by atoms with van der Waals surface area (Å²) < 4.78 is 0. The van der Waals surface area contributed by atoms with Crippen LogP contribution in [0.5, 0.6) is 0 Å². The zero-order valence-electron chi connectivity index (χ0n) is 10.7. The van der Waals surface area contributed by atoms with E-state index in [1.807, 2.05) is 32.0 Å². The molecule has 0 aromatic heterocycles. The standard InChI is InChI=1S/C14H18N2O2/c1-9-3-4-12(10(2)7-9)14(18)16-11-5-6-15-13(17)8-11/h3-4,7,11H,5-6,8H2,1-2H3,(H,15,17)(H,16,18). The number of carbonyl (C=O) groups is 2. The number of benzene rings is 1. The predicted octanol–water partition coefficient (Wildman–Crippen LogP) is 1.31. The van der Waals surface area contributed by atoms with E-state index in [4.69, 9.17) is 0 Å². The van der Waals surface area contributed by atoms with Crippen LogP contribution in [-0.2, 0) is 4.79 Å². The van der Waals surface area contributed by atoms with Gasteiger partial charge in [-0.3, -0.25) is 9.59 Å². The van der Waals surface area contributed by atoms with E-state index in [9.17, 15) is 9.59 Å². The smallest absolute Gasteiger partial charge is 0.251 e. The third-order valence-corrected chi connectivity index (χ3v) is 3.21. The number of piperidine rings is 1. The molecule has 0 spiro atoms. The van der Waals surface area contributed by atoms with Crippen molar-refractivity contribution in [2.45, 2.75) is 32.7 Å². The van der Waals surface area contributed by atoms with E-state index in [2.05, 4.69) is 10.6 Å². The summed E-state index contributed by atoms with van der Waals surface area (Å²) in [6.45, 7) is 4.56. The van der Waals surface area contributed by atoms with E-state index in [0.717, 1.165) is 17.5 Å². The Balaban J connectivity index is 2.05. The number of carbonyl (C=O) groups excluding carboxylic acids is 2. The van der Waals surface area contributed by atoms with Gasteiger partial charge in [-0.2, -0.15) is 0 Å². The van der Waals surface area contributed by atoms with Gasteiger partial charge in [0.2, 0.25) is 5.91 Å². The number of aryl methyl sites for hydroxylation is 2. The molecule has 2 rings (SSSR count). The number of hydrogen-bond acceptors (Lipinski definition) is 2. The summed E-state index contributed by atoms with van der Waals surface area (Å²) >= 11 is 0. The Labute approximate surface area is 107 Å². The number of amides is 2. The maximum Gasteiger partial charge on any atom is 0.251 e. The van der Waals surface area contributed by atoms with Gasteiger partial charge in [0.15, 0.2) is 0 Å². The first kappa shape index (κ1) is 12.6. The van der Waals surface area contributed by atoms with Gasteiger partial charge in [0.25, 0.3) is 5.91 Å². The molecule has 2 amide bonds. The van der Waals surface area contributed by atoms with Crippen molar-refractivity contribution >= 4 is 11.8 Å². The highest BCUT2D eigenvalue weighted by Gasteiger charge is 2.21. The lowest BCUT2D eigenvalue weighted by Gasteiger charge is -2.23. The average Bonchev–Trinajstić information content (AvgIpc) is 2.28. The van der Waals surface area contributed by atoms with Gasteiger partial charge >= 0.3 is 0 Å². The van der Waals surface area contributed by atoms with Crippen LogP contribution in [0.1, 0.15) is 34.3 Å². The molecular formula is C14H18N2O2. The normalized spacial score (nSPS) is 19.2. The van der Waals surface area contributed by atoms with Crippen molar-refractivity contribution in [1.82, 2.24) is 10.6 Å². The van der Waals surface area contributed by atoms with Crippen LogP contribution in [0.2, 0.25) is 0 Å². The quantitative estimate of drug-likeness (QED) is 0.826. The monoisotopic (exact) mass is 246 g/mol. The summed E-state index contributed by atoms with van der Waals surface area (Å²) in [6.07, 6.45) is 1.17. The fourth-order valence-electron chi connectivity index (χ4n) is 2.24. The minimum atomic E-state index is -0.0906. The summed E-state index contributed by atoms with van der Waals surface area (Å²) in [6, 6.07) is 5.70. The van der Waals surface area contributed by atoms with E-state index < -0.39 is 0 Å². The Kier molecular flexibility index (Phi) is 3.65. The van der Waals surface area contributed by atoms with E-state index in [1.54, 1.807) is 0 Å². The fourth-order valence-corrected chi connectivity index (χ4v) is 2.24. The highest BCUT2D eigenvalue weighted by molar-refractivity contribution is 5.96. The van der Waals surface area contributed by atoms with Gasteiger partial charge in [0.1, 0.15) is 0 Å². The lowest BCUT2D eigenvalue weighted by molar-refractivity contribution is -0.122. The van der Waals surface area contributed by atoms with Gasteiger partial charge in [0, 0.05) is 24.6 Å². The first-order valence-corrected chi connectivity index (χ1v) is 6.21. The molecule has 4 nitrogen and oxygen atoms in total. The average molecular weight is 246 g/mol. The molecule has 0 radical (unpaired) electrons. The Morgan fingerprint density at radius 2 is 2.17 bits per heavy atom. The molecule has 1 fully saturated rings. The number of rotatable bonds is 2. The third kappa shape index (κ3) is 2.88. The Morgan fingerprint density at radius 3 is 2.83 bits per heavy atom. The van der Waals surface area contributed by atoms with Crippen molar-refractivity contribution in [3.63, 3.8) is 0 Å². The summed E-state index contributed by atoms with van der Waals surface area (Å²) in [4.78, 5) is 23.3. The maximum atomic E-state index is 12.1. The lowest BCUT2D eigenvalue weighted by Crippen LogP contribution is -2.45. The fraction of sp³-hybridized carbons (Fsp3) is 0.429. The SMILES string of the molecule is Cc1ccc(C(=O)NC2CCNC(=O)C2)c(C)c1. The molecule has 0 saturated carbocycles. The topological polar surface area (TPSA) is 58.2 Å². The molecule has 96 valence electrons. The van der Waals surface area contributed by atoms with Gasteiger partial charge < -0.3 is 10.6 Å². The van der Waals surface area contributed by atoms with Gasteiger partial charge in [-0.15, -0.1) is 0 Å². The number of nitrogens with one attached hydrogen (secondary N) is 2. The van der Waals surface area contributed by atoms with Crippen LogP contribution in [0, 0.1) is 13.8 Å². The molecule has 1 atom stereocenters. The second-order valence-electron chi connectivity index (χ2n) is 4.83. The minimum absolute atomic E-state index is 0.00665. The third-order valence-electron chi connectivity index (χ3n) is 3.21. The molecule has 1 heterocycles. The van der Waals surface area contributed by atoms with Crippen molar-refractivity contribution in [2.24, 2.45) is 0 Å². The van der Waals surface area contributed by atoms with Crippen LogP contribution in [-0.4, -0.2) is 24.4 Å². The zero-order chi connectivity index (χ0) is 13.1. The first-order chi connectivity index (χ1) is 8.56. The Morgan fingerprint density at radius 1 is 1.39 bits per heavy atom. The molecule has 18 heavy (non-hydrogen) atoms. The van der Waals surface area contributed by atoms with Crippen LogP contribution in [0.15, 0.2) is 18.2 Å². The minimum Gasteiger partial charge on any atom is -0.356 e. The molecule has 2 N–H and O–H groups in total.